The van der Waals surface area contributed by atoms with Gasteiger partial charge < -0.3 is 14.4 Å². The van der Waals surface area contributed by atoms with Crippen molar-refractivity contribution in [3.63, 3.8) is 0 Å². The molecule has 25 heavy (non-hydrogen) atoms. The molecular weight excluding hydrogens is 327 g/mol. The third kappa shape index (κ3) is 4.33. The predicted molar refractivity (Wildman–Crippen MR) is 87.6 cm³/mol. The molecule has 8 heteroatoms. The number of nitrogens with zero attached hydrogens (tertiary/aromatic N) is 3. The molecule has 134 valence electrons. The Balaban J connectivity index is 1.56. The molecule has 2 aromatic rings. The summed E-state index contributed by atoms with van der Waals surface area (Å²) in [6.07, 6.45) is -0.330. The number of carbonyl (C=O) groups is 1. The minimum Gasteiger partial charge on any atom is -0.484 e. The SMILES string of the molecule is CC(C)c1n[nH]c(C2CN(C(=O)COc3ccc(F)cc3)CCO2)n1. The molecule has 1 fully saturated rings. The van der Waals surface area contributed by atoms with Crippen LogP contribution in [0.1, 0.15) is 37.5 Å². The minimum atomic E-state index is -0.345. The number of ether oxygens (including phenoxy) is 2. The zero-order chi connectivity index (χ0) is 17.8. The van der Waals surface area contributed by atoms with Gasteiger partial charge in [0.25, 0.3) is 5.91 Å². The van der Waals surface area contributed by atoms with E-state index in [1.165, 1.54) is 24.3 Å². The fourth-order valence-corrected chi connectivity index (χ4v) is 2.50. The summed E-state index contributed by atoms with van der Waals surface area (Å²) in [7, 11) is 0. The summed E-state index contributed by atoms with van der Waals surface area (Å²) < 4.78 is 24.0. The highest BCUT2D eigenvalue weighted by Gasteiger charge is 2.28. The number of nitrogens with one attached hydrogen (secondary N) is 1. The molecule has 0 radical (unpaired) electrons. The molecule has 1 atom stereocenters. The molecule has 2 heterocycles. The second-order valence-electron chi connectivity index (χ2n) is 6.18. The summed E-state index contributed by atoms with van der Waals surface area (Å²) in [4.78, 5) is 18.5. The number of aromatic amines is 1. The van der Waals surface area contributed by atoms with Crippen LogP contribution in [0.25, 0.3) is 0 Å². The number of amides is 1. The summed E-state index contributed by atoms with van der Waals surface area (Å²) >= 11 is 0. The predicted octanol–water partition coefficient (Wildman–Crippen LogP) is 2.05. The highest BCUT2D eigenvalue weighted by molar-refractivity contribution is 5.77. The number of benzene rings is 1. The molecule has 1 aliphatic heterocycles. The number of halogens is 1. The van der Waals surface area contributed by atoms with Crippen molar-refractivity contribution in [1.82, 2.24) is 20.1 Å². The molecule has 1 aliphatic rings. The van der Waals surface area contributed by atoms with Gasteiger partial charge in [0.2, 0.25) is 0 Å². The number of aromatic nitrogens is 3. The van der Waals surface area contributed by atoms with Crippen molar-refractivity contribution in [2.45, 2.75) is 25.9 Å². The van der Waals surface area contributed by atoms with E-state index in [1.807, 2.05) is 13.8 Å². The smallest absolute Gasteiger partial charge is 0.260 e. The average molecular weight is 348 g/mol. The van der Waals surface area contributed by atoms with Gasteiger partial charge >= 0.3 is 0 Å². The van der Waals surface area contributed by atoms with Gasteiger partial charge in [-0.2, -0.15) is 5.10 Å². The monoisotopic (exact) mass is 348 g/mol. The highest BCUT2D eigenvalue weighted by atomic mass is 19.1. The highest BCUT2D eigenvalue weighted by Crippen LogP contribution is 2.21. The largest absolute Gasteiger partial charge is 0.484 e. The van der Waals surface area contributed by atoms with Gasteiger partial charge in [-0.05, 0) is 24.3 Å². The van der Waals surface area contributed by atoms with Crippen molar-refractivity contribution < 1.29 is 18.7 Å². The fraction of sp³-hybridized carbons (Fsp3) is 0.471. The molecule has 1 unspecified atom stereocenters. The molecule has 0 spiro atoms. The van der Waals surface area contributed by atoms with Gasteiger partial charge in [0, 0.05) is 12.5 Å². The van der Waals surface area contributed by atoms with Crippen LogP contribution < -0.4 is 4.74 Å². The van der Waals surface area contributed by atoms with Crippen LogP contribution in [0.3, 0.4) is 0 Å². The second kappa shape index (κ2) is 7.60. The Bertz CT molecular complexity index is 717. The summed E-state index contributed by atoms with van der Waals surface area (Å²) in [6.45, 7) is 5.22. The van der Waals surface area contributed by atoms with Crippen molar-refractivity contribution in [2.75, 3.05) is 26.3 Å². The van der Waals surface area contributed by atoms with E-state index in [0.29, 0.717) is 31.3 Å². The first kappa shape index (κ1) is 17.3. The fourth-order valence-electron chi connectivity index (χ4n) is 2.50. The van der Waals surface area contributed by atoms with E-state index in [1.54, 1.807) is 4.90 Å². The molecule has 1 aromatic carbocycles. The number of morpholine rings is 1. The summed E-state index contributed by atoms with van der Waals surface area (Å²) in [5.41, 5.74) is 0. The number of rotatable bonds is 5. The van der Waals surface area contributed by atoms with Crippen molar-refractivity contribution in [1.29, 1.82) is 0 Å². The lowest BCUT2D eigenvalue weighted by molar-refractivity contribution is -0.141. The van der Waals surface area contributed by atoms with Gasteiger partial charge in [-0.25, -0.2) is 9.37 Å². The van der Waals surface area contributed by atoms with E-state index < -0.39 is 0 Å². The minimum absolute atomic E-state index is 0.105. The lowest BCUT2D eigenvalue weighted by Crippen LogP contribution is -2.44. The molecule has 0 saturated carbocycles. The quantitative estimate of drug-likeness (QED) is 0.894. The first-order valence-electron chi connectivity index (χ1n) is 8.23. The number of carbonyl (C=O) groups excluding carboxylic acids is 1. The second-order valence-corrected chi connectivity index (χ2v) is 6.18. The van der Waals surface area contributed by atoms with E-state index in [-0.39, 0.29) is 30.4 Å². The van der Waals surface area contributed by atoms with Crippen LogP contribution in [0.5, 0.6) is 5.75 Å². The lowest BCUT2D eigenvalue weighted by atomic mass is 10.2. The Labute approximate surface area is 145 Å². The van der Waals surface area contributed by atoms with Crippen LogP contribution in [0, 0.1) is 5.82 Å². The van der Waals surface area contributed by atoms with Crippen LogP contribution >= 0.6 is 0 Å². The first-order valence-corrected chi connectivity index (χ1v) is 8.23. The van der Waals surface area contributed by atoms with Crippen molar-refractivity contribution in [3.8, 4) is 5.75 Å². The Morgan fingerprint density at radius 2 is 2.20 bits per heavy atom. The van der Waals surface area contributed by atoms with Gasteiger partial charge in [0.15, 0.2) is 18.3 Å². The van der Waals surface area contributed by atoms with Crippen molar-refractivity contribution in [2.24, 2.45) is 0 Å². The topological polar surface area (TPSA) is 80.3 Å². The van der Waals surface area contributed by atoms with Gasteiger partial charge in [-0.3, -0.25) is 9.89 Å². The molecule has 7 nitrogen and oxygen atoms in total. The van der Waals surface area contributed by atoms with Gasteiger partial charge in [0.1, 0.15) is 17.7 Å². The maximum absolute atomic E-state index is 12.9. The molecule has 1 aromatic heterocycles. The van der Waals surface area contributed by atoms with E-state index in [2.05, 4.69) is 15.2 Å². The van der Waals surface area contributed by atoms with Gasteiger partial charge in [-0.15, -0.1) is 0 Å². The Morgan fingerprint density at radius 1 is 1.44 bits per heavy atom. The number of hydrogen-bond acceptors (Lipinski definition) is 5. The first-order chi connectivity index (χ1) is 12.0. The third-order valence-electron chi connectivity index (χ3n) is 3.94. The van der Waals surface area contributed by atoms with Crippen LogP contribution in [-0.4, -0.2) is 52.3 Å². The van der Waals surface area contributed by atoms with Crippen LogP contribution in [0.15, 0.2) is 24.3 Å². The van der Waals surface area contributed by atoms with E-state index in [9.17, 15) is 9.18 Å². The average Bonchev–Trinajstić information content (AvgIpc) is 3.11. The molecule has 0 aliphatic carbocycles. The molecule has 1 N–H and O–H groups in total. The normalized spacial score (nSPS) is 17.8. The molecule has 1 amide bonds. The van der Waals surface area contributed by atoms with Crippen molar-refractivity contribution in [3.05, 3.63) is 41.7 Å². The van der Waals surface area contributed by atoms with Crippen LogP contribution in [0.2, 0.25) is 0 Å². The lowest BCUT2D eigenvalue weighted by Gasteiger charge is -2.31. The van der Waals surface area contributed by atoms with Crippen molar-refractivity contribution >= 4 is 5.91 Å². The zero-order valence-corrected chi connectivity index (χ0v) is 14.2. The molecule has 3 rings (SSSR count). The summed E-state index contributed by atoms with van der Waals surface area (Å²) in [5, 5.41) is 7.06. The number of hydrogen-bond donors (Lipinski definition) is 1. The van der Waals surface area contributed by atoms with Gasteiger partial charge in [-0.1, -0.05) is 13.8 Å². The van der Waals surface area contributed by atoms with E-state index >= 15 is 0 Å². The molecule has 1 saturated heterocycles. The van der Waals surface area contributed by atoms with E-state index in [0.717, 1.165) is 5.82 Å². The van der Waals surface area contributed by atoms with Crippen LogP contribution in [-0.2, 0) is 9.53 Å². The Kier molecular flexibility index (Phi) is 5.28. The maximum Gasteiger partial charge on any atom is 0.260 e. The summed E-state index contributed by atoms with van der Waals surface area (Å²) in [5.74, 6) is 1.53. The number of H-pyrrole nitrogens is 1. The maximum atomic E-state index is 12.9. The Hall–Kier alpha value is -2.48. The van der Waals surface area contributed by atoms with E-state index in [4.69, 9.17) is 9.47 Å². The zero-order valence-electron chi connectivity index (χ0n) is 14.2. The molecule has 0 bridgehead atoms. The van der Waals surface area contributed by atoms with Crippen LogP contribution in [0.4, 0.5) is 4.39 Å². The molecular formula is C17H21FN4O3. The Morgan fingerprint density at radius 3 is 2.88 bits per heavy atom. The summed E-state index contributed by atoms with van der Waals surface area (Å²) in [6, 6.07) is 5.57. The third-order valence-corrected chi connectivity index (χ3v) is 3.94. The van der Waals surface area contributed by atoms with Gasteiger partial charge in [0.05, 0.1) is 13.2 Å². The standard InChI is InChI=1S/C17H21FN4O3/c1-11(2)16-19-17(21-20-16)14-9-22(7-8-24-14)15(23)10-25-13-5-3-12(18)4-6-13/h3-6,11,14H,7-10H2,1-2H3,(H,19,20,21).